The molecule has 0 radical (unpaired) electrons. The maximum absolute atomic E-state index is 14.1. The molecule has 0 aliphatic carbocycles. The molecule has 1 amide bonds. The lowest BCUT2D eigenvalue weighted by molar-refractivity contribution is -0.116. The van der Waals surface area contributed by atoms with E-state index in [1.807, 2.05) is 32.7 Å². The molecule has 4 nitrogen and oxygen atoms in total. The van der Waals surface area contributed by atoms with E-state index in [4.69, 9.17) is 5.73 Å². The molecule has 0 aromatic heterocycles. The molecule has 1 rings (SSSR count). The molecule has 0 aliphatic rings. The van der Waals surface area contributed by atoms with Gasteiger partial charge in [0, 0.05) is 31.2 Å². The number of anilines is 2. The van der Waals surface area contributed by atoms with Gasteiger partial charge in [-0.3, -0.25) is 4.79 Å². The van der Waals surface area contributed by atoms with Crippen LogP contribution in [0.4, 0.5) is 15.8 Å². The first-order valence-corrected chi connectivity index (χ1v) is 7.43. The largest absolute Gasteiger partial charge is 0.370 e. The average Bonchev–Trinajstić information content (AvgIpc) is 2.37. The van der Waals surface area contributed by atoms with E-state index in [1.165, 1.54) is 6.07 Å². The van der Waals surface area contributed by atoms with E-state index in [9.17, 15) is 9.18 Å². The van der Waals surface area contributed by atoms with E-state index in [0.717, 1.165) is 12.8 Å². The number of nitrogens with zero attached hydrogens (tertiary/aromatic N) is 1. The number of hydrogen-bond acceptors (Lipinski definition) is 3. The summed E-state index contributed by atoms with van der Waals surface area (Å²) in [6, 6.07) is 4.78. The molecule has 1 aromatic rings. The highest BCUT2D eigenvalue weighted by molar-refractivity contribution is 5.91. The number of carbonyl (C=O) groups excluding carboxylic acids is 1. The molecule has 0 spiro atoms. The Hall–Kier alpha value is -1.62. The van der Waals surface area contributed by atoms with Gasteiger partial charge in [0.1, 0.15) is 5.82 Å². The maximum atomic E-state index is 14.1. The monoisotopic (exact) mass is 295 g/mol. The summed E-state index contributed by atoms with van der Waals surface area (Å²) in [4.78, 5) is 13.7. The predicted octanol–water partition coefficient (Wildman–Crippen LogP) is 3.13. The molecule has 5 heteroatoms. The molecule has 0 saturated heterocycles. The summed E-state index contributed by atoms with van der Waals surface area (Å²) in [7, 11) is 1.84. The fraction of sp³-hybridized carbons (Fsp3) is 0.562. The number of nitrogens with one attached hydrogen (secondary N) is 1. The number of nitrogens with two attached hydrogens (primary N) is 1. The average molecular weight is 295 g/mol. The van der Waals surface area contributed by atoms with Gasteiger partial charge in [-0.05, 0) is 38.5 Å². The Kier molecular flexibility index (Phi) is 6.62. The Labute approximate surface area is 126 Å². The third-order valence-electron chi connectivity index (χ3n) is 3.49. The lowest BCUT2D eigenvalue weighted by Gasteiger charge is -2.24. The van der Waals surface area contributed by atoms with Crippen LogP contribution in [0, 0.1) is 5.82 Å². The lowest BCUT2D eigenvalue weighted by Crippen LogP contribution is -2.27. The first-order valence-electron chi connectivity index (χ1n) is 7.43. The van der Waals surface area contributed by atoms with Crippen molar-refractivity contribution in [2.24, 2.45) is 5.73 Å². The lowest BCUT2D eigenvalue weighted by atomic mass is 10.1. The summed E-state index contributed by atoms with van der Waals surface area (Å²) in [5, 5.41) is 2.69. The minimum Gasteiger partial charge on any atom is -0.370 e. The molecule has 0 saturated carbocycles. The van der Waals surface area contributed by atoms with Crippen molar-refractivity contribution in [1.29, 1.82) is 0 Å². The fourth-order valence-electron chi connectivity index (χ4n) is 2.07. The Balaban J connectivity index is 2.69. The summed E-state index contributed by atoms with van der Waals surface area (Å²) >= 11 is 0. The van der Waals surface area contributed by atoms with E-state index < -0.39 is 0 Å². The zero-order chi connectivity index (χ0) is 16.0. The molecule has 1 unspecified atom stereocenters. The van der Waals surface area contributed by atoms with Crippen molar-refractivity contribution in [3.63, 3.8) is 0 Å². The zero-order valence-corrected chi connectivity index (χ0v) is 13.3. The molecule has 0 fully saturated rings. The number of carbonyl (C=O) groups is 1. The molecular weight excluding hydrogens is 269 g/mol. The van der Waals surface area contributed by atoms with Crippen molar-refractivity contribution in [1.82, 2.24) is 0 Å². The summed E-state index contributed by atoms with van der Waals surface area (Å²) in [6.07, 6.45) is 2.00. The van der Waals surface area contributed by atoms with Gasteiger partial charge in [-0.1, -0.05) is 13.3 Å². The predicted molar refractivity (Wildman–Crippen MR) is 86.1 cm³/mol. The minimum atomic E-state index is -0.346. The maximum Gasteiger partial charge on any atom is 0.225 e. The molecule has 0 aliphatic heterocycles. The molecule has 1 aromatic carbocycles. The van der Waals surface area contributed by atoms with Gasteiger partial charge in [0.05, 0.1) is 5.69 Å². The van der Waals surface area contributed by atoms with Crippen LogP contribution in [0.25, 0.3) is 0 Å². The SMILES string of the molecule is CCCC(N)CC(=O)Nc1ccc(N(C)C(C)C)c(F)c1. The van der Waals surface area contributed by atoms with E-state index in [0.29, 0.717) is 11.4 Å². The number of benzene rings is 1. The second-order valence-electron chi connectivity index (χ2n) is 5.67. The summed E-state index contributed by atoms with van der Waals surface area (Å²) in [5.74, 6) is -0.526. The van der Waals surface area contributed by atoms with E-state index >= 15 is 0 Å². The van der Waals surface area contributed by atoms with Crippen LogP contribution < -0.4 is 16.0 Å². The van der Waals surface area contributed by atoms with Crippen molar-refractivity contribution in [3.05, 3.63) is 24.0 Å². The van der Waals surface area contributed by atoms with Gasteiger partial charge < -0.3 is 16.0 Å². The molecule has 1 atom stereocenters. The zero-order valence-electron chi connectivity index (χ0n) is 13.3. The first kappa shape index (κ1) is 17.4. The third kappa shape index (κ3) is 5.34. The molecule has 21 heavy (non-hydrogen) atoms. The van der Waals surface area contributed by atoms with Crippen molar-refractivity contribution >= 4 is 17.3 Å². The van der Waals surface area contributed by atoms with Gasteiger partial charge in [-0.2, -0.15) is 0 Å². The van der Waals surface area contributed by atoms with Crippen LogP contribution in [0.3, 0.4) is 0 Å². The molecule has 118 valence electrons. The Morgan fingerprint density at radius 1 is 1.43 bits per heavy atom. The highest BCUT2D eigenvalue weighted by atomic mass is 19.1. The Morgan fingerprint density at radius 3 is 2.62 bits per heavy atom. The number of rotatable bonds is 7. The van der Waals surface area contributed by atoms with E-state index in [-0.39, 0.29) is 30.2 Å². The Morgan fingerprint density at radius 2 is 2.10 bits per heavy atom. The van der Waals surface area contributed by atoms with Crippen LogP contribution in [0.15, 0.2) is 18.2 Å². The molecule has 0 heterocycles. The van der Waals surface area contributed by atoms with Gasteiger partial charge in [-0.15, -0.1) is 0 Å². The van der Waals surface area contributed by atoms with Crippen molar-refractivity contribution in [2.45, 2.75) is 52.1 Å². The molecule has 0 bridgehead atoms. The van der Waals surface area contributed by atoms with Gasteiger partial charge in [0.25, 0.3) is 0 Å². The van der Waals surface area contributed by atoms with Crippen LogP contribution in [-0.2, 0) is 4.79 Å². The first-order chi connectivity index (χ1) is 9.85. The molecule has 3 N–H and O–H groups in total. The quantitative estimate of drug-likeness (QED) is 0.812. The van der Waals surface area contributed by atoms with Crippen LogP contribution in [0.2, 0.25) is 0 Å². The van der Waals surface area contributed by atoms with Crippen molar-refractivity contribution < 1.29 is 9.18 Å². The second-order valence-corrected chi connectivity index (χ2v) is 5.67. The van der Waals surface area contributed by atoms with Gasteiger partial charge >= 0.3 is 0 Å². The number of halogens is 1. The standard InChI is InChI=1S/C16H26FN3O/c1-5-6-12(18)9-16(21)19-13-7-8-15(14(17)10-13)20(4)11(2)3/h7-8,10-12H,5-6,9,18H2,1-4H3,(H,19,21). The van der Waals surface area contributed by atoms with Crippen LogP contribution >= 0.6 is 0 Å². The molecular formula is C16H26FN3O. The number of amides is 1. The smallest absolute Gasteiger partial charge is 0.225 e. The second kappa shape index (κ2) is 7.98. The van der Waals surface area contributed by atoms with Gasteiger partial charge in [-0.25, -0.2) is 4.39 Å². The Bertz CT molecular complexity index is 477. The van der Waals surface area contributed by atoms with Gasteiger partial charge in [0.2, 0.25) is 5.91 Å². The van der Waals surface area contributed by atoms with Crippen molar-refractivity contribution in [3.8, 4) is 0 Å². The summed E-state index contributed by atoms with van der Waals surface area (Å²) < 4.78 is 14.1. The normalized spacial score (nSPS) is 12.3. The fourth-order valence-corrected chi connectivity index (χ4v) is 2.07. The highest BCUT2D eigenvalue weighted by Gasteiger charge is 2.13. The van der Waals surface area contributed by atoms with Crippen LogP contribution in [0.1, 0.15) is 40.0 Å². The van der Waals surface area contributed by atoms with Crippen molar-refractivity contribution in [2.75, 3.05) is 17.3 Å². The van der Waals surface area contributed by atoms with Crippen LogP contribution in [-0.4, -0.2) is 25.0 Å². The summed E-state index contributed by atoms with van der Waals surface area (Å²) in [6.45, 7) is 6.01. The number of hydrogen-bond donors (Lipinski definition) is 2. The minimum absolute atomic E-state index is 0.147. The van der Waals surface area contributed by atoms with Gasteiger partial charge in [0.15, 0.2) is 0 Å². The summed E-state index contributed by atoms with van der Waals surface area (Å²) in [5.41, 5.74) is 6.80. The van der Waals surface area contributed by atoms with E-state index in [2.05, 4.69) is 5.32 Å². The third-order valence-corrected chi connectivity index (χ3v) is 3.49. The topological polar surface area (TPSA) is 58.4 Å². The van der Waals surface area contributed by atoms with Crippen LogP contribution in [0.5, 0.6) is 0 Å². The van der Waals surface area contributed by atoms with E-state index in [1.54, 1.807) is 12.1 Å². The highest BCUT2D eigenvalue weighted by Crippen LogP contribution is 2.23.